The molecule has 1 unspecified atom stereocenters. The van der Waals surface area contributed by atoms with Gasteiger partial charge in [0.15, 0.2) is 0 Å². The molecule has 0 amide bonds. The summed E-state index contributed by atoms with van der Waals surface area (Å²) in [6, 6.07) is 7.40. The molecule has 0 aliphatic carbocycles. The molecule has 1 aromatic carbocycles. The summed E-state index contributed by atoms with van der Waals surface area (Å²) in [6.45, 7) is 1.45. The third-order valence-electron chi connectivity index (χ3n) is 1.70. The molecule has 2 rings (SSSR count). The Morgan fingerprint density at radius 1 is 1.58 bits per heavy atom. The van der Waals surface area contributed by atoms with Gasteiger partial charge in [0, 0.05) is 11.8 Å². The number of nitrogen functional groups attached to an aromatic ring is 1. The van der Waals surface area contributed by atoms with Gasteiger partial charge in [0.2, 0.25) is 0 Å². The van der Waals surface area contributed by atoms with Crippen LogP contribution < -0.4 is 10.5 Å². The minimum atomic E-state index is 0.298. The number of epoxide rings is 1. The highest BCUT2D eigenvalue weighted by Gasteiger charge is 2.22. The zero-order valence-electron chi connectivity index (χ0n) is 6.69. The highest BCUT2D eigenvalue weighted by Crippen LogP contribution is 2.17. The Bertz CT molecular complexity index is 271. The quantitative estimate of drug-likeness (QED) is 0.538. The molecule has 0 spiro atoms. The molecule has 1 atom stereocenters. The molecule has 1 aliphatic heterocycles. The maximum Gasteiger partial charge on any atom is 0.121 e. The molecule has 1 aromatic rings. The molecular weight excluding hydrogens is 154 g/mol. The van der Waals surface area contributed by atoms with E-state index in [2.05, 4.69) is 0 Å². The fourth-order valence-electron chi connectivity index (χ4n) is 0.958. The van der Waals surface area contributed by atoms with Gasteiger partial charge in [-0.3, -0.25) is 0 Å². The van der Waals surface area contributed by atoms with Crippen LogP contribution in [0.3, 0.4) is 0 Å². The van der Waals surface area contributed by atoms with Crippen molar-refractivity contribution >= 4 is 5.69 Å². The van der Waals surface area contributed by atoms with Crippen molar-refractivity contribution < 1.29 is 9.47 Å². The lowest BCUT2D eigenvalue weighted by Gasteiger charge is -2.03. The largest absolute Gasteiger partial charge is 0.491 e. The molecule has 12 heavy (non-hydrogen) atoms. The van der Waals surface area contributed by atoms with Crippen LogP contribution in [0.15, 0.2) is 24.3 Å². The lowest BCUT2D eigenvalue weighted by atomic mass is 10.3. The molecular formula is C9H11NO2. The number of benzene rings is 1. The second-order valence-corrected chi connectivity index (χ2v) is 2.84. The van der Waals surface area contributed by atoms with Gasteiger partial charge < -0.3 is 15.2 Å². The Kier molecular flexibility index (Phi) is 1.87. The Balaban J connectivity index is 1.92. The SMILES string of the molecule is Nc1cccc(OCC2CO2)c1. The van der Waals surface area contributed by atoms with E-state index in [-0.39, 0.29) is 0 Å². The second kappa shape index (κ2) is 3.03. The average molecular weight is 165 g/mol. The van der Waals surface area contributed by atoms with E-state index in [0.29, 0.717) is 12.7 Å². The number of anilines is 1. The van der Waals surface area contributed by atoms with Crippen LogP contribution in [0, 0.1) is 0 Å². The fourth-order valence-corrected chi connectivity index (χ4v) is 0.958. The predicted molar refractivity (Wildman–Crippen MR) is 46.1 cm³/mol. The Labute approximate surface area is 71.1 Å². The molecule has 1 fully saturated rings. The van der Waals surface area contributed by atoms with Crippen molar-refractivity contribution in [1.29, 1.82) is 0 Å². The molecule has 0 radical (unpaired) electrons. The number of rotatable bonds is 3. The summed E-state index contributed by atoms with van der Waals surface area (Å²) in [6.07, 6.45) is 0.298. The first-order valence-corrected chi connectivity index (χ1v) is 3.94. The van der Waals surface area contributed by atoms with Crippen LogP contribution in [0.2, 0.25) is 0 Å². The maximum absolute atomic E-state index is 5.57. The number of hydrogen-bond acceptors (Lipinski definition) is 3. The monoisotopic (exact) mass is 165 g/mol. The van der Waals surface area contributed by atoms with Gasteiger partial charge in [-0.05, 0) is 12.1 Å². The first kappa shape index (κ1) is 7.43. The summed E-state index contributed by atoms with van der Waals surface area (Å²) in [4.78, 5) is 0. The number of nitrogens with two attached hydrogens (primary N) is 1. The standard InChI is InChI=1S/C9H11NO2/c10-7-2-1-3-8(4-7)11-5-9-6-12-9/h1-4,9H,5-6,10H2. The van der Waals surface area contributed by atoms with Crippen molar-refractivity contribution in [2.75, 3.05) is 18.9 Å². The lowest BCUT2D eigenvalue weighted by molar-refractivity contribution is 0.263. The van der Waals surface area contributed by atoms with E-state index in [9.17, 15) is 0 Å². The summed E-state index contributed by atoms with van der Waals surface area (Å²) in [5.41, 5.74) is 6.30. The van der Waals surface area contributed by atoms with Crippen LogP contribution in [-0.2, 0) is 4.74 Å². The second-order valence-electron chi connectivity index (χ2n) is 2.84. The molecule has 0 saturated carbocycles. The topological polar surface area (TPSA) is 47.8 Å². The molecule has 1 aliphatic rings. The molecule has 3 nitrogen and oxygen atoms in total. The van der Waals surface area contributed by atoms with Gasteiger partial charge in [-0.25, -0.2) is 0 Å². The van der Waals surface area contributed by atoms with Crippen molar-refractivity contribution in [3.63, 3.8) is 0 Å². The van der Waals surface area contributed by atoms with E-state index in [0.717, 1.165) is 18.0 Å². The van der Waals surface area contributed by atoms with E-state index >= 15 is 0 Å². The van der Waals surface area contributed by atoms with Crippen molar-refractivity contribution in [1.82, 2.24) is 0 Å². The van der Waals surface area contributed by atoms with E-state index in [4.69, 9.17) is 15.2 Å². The smallest absolute Gasteiger partial charge is 0.121 e. The molecule has 0 bridgehead atoms. The number of ether oxygens (including phenoxy) is 2. The molecule has 0 aromatic heterocycles. The molecule has 1 heterocycles. The van der Waals surface area contributed by atoms with E-state index in [1.807, 2.05) is 24.3 Å². The minimum Gasteiger partial charge on any atom is -0.491 e. The third kappa shape index (κ3) is 1.89. The summed E-state index contributed by atoms with van der Waals surface area (Å²) >= 11 is 0. The van der Waals surface area contributed by atoms with E-state index < -0.39 is 0 Å². The molecule has 3 heteroatoms. The lowest BCUT2D eigenvalue weighted by Crippen LogP contribution is -2.03. The molecule has 2 N–H and O–H groups in total. The zero-order chi connectivity index (χ0) is 8.39. The minimum absolute atomic E-state index is 0.298. The van der Waals surface area contributed by atoms with Crippen molar-refractivity contribution in [3.8, 4) is 5.75 Å². The van der Waals surface area contributed by atoms with Crippen molar-refractivity contribution in [3.05, 3.63) is 24.3 Å². The normalized spacial score (nSPS) is 20.5. The van der Waals surface area contributed by atoms with E-state index in [1.165, 1.54) is 0 Å². The summed E-state index contributed by atoms with van der Waals surface area (Å²) in [5.74, 6) is 0.811. The summed E-state index contributed by atoms with van der Waals surface area (Å²) < 4.78 is 10.4. The van der Waals surface area contributed by atoms with Gasteiger partial charge in [-0.2, -0.15) is 0 Å². The van der Waals surface area contributed by atoms with Gasteiger partial charge in [0.1, 0.15) is 18.5 Å². The molecule has 1 saturated heterocycles. The van der Waals surface area contributed by atoms with Crippen LogP contribution in [0.25, 0.3) is 0 Å². The van der Waals surface area contributed by atoms with Crippen molar-refractivity contribution in [2.45, 2.75) is 6.10 Å². The first-order chi connectivity index (χ1) is 5.84. The Morgan fingerprint density at radius 3 is 3.08 bits per heavy atom. The van der Waals surface area contributed by atoms with Gasteiger partial charge in [0.05, 0.1) is 6.61 Å². The van der Waals surface area contributed by atoms with Gasteiger partial charge in [0.25, 0.3) is 0 Å². The van der Waals surface area contributed by atoms with Gasteiger partial charge >= 0.3 is 0 Å². The highest BCUT2D eigenvalue weighted by molar-refractivity contribution is 5.43. The fraction of sp³-hybridized carbons (Fsp3) is 0.333. The highest BCUT2D eigenvalue weighted by atomic mass is 16.6. The van der Waals surface area contributed by atoms with Crippen molar-refractivity contribution in [2.24, 2.45) is 0 Å². The van der Waals surface area contributed by atoms with Gasteiger partial charge in [-0.15, -0.1) is 0 Å². The van der Waals surface area contributed by atoms with Crippen LogP contribution in [0.4, 0.5) is 5.69 Å². The predicted octanol–water partition coefficient (Wildman–Crippen LogP) is 1.05. The Hall–Kier alpha value is -1.22. The number of hydrogen-bond donors (Lipinski definition) is 1. The first-order valence-electron chi connectivity index (χ1n) is 3.94. The van der Waals surface area contributed by atoms with E-state index in [1.54, 1.807) is 0 Å². The summed E-state index contributed by atoms with van der Waals surface area (Å²) in [5, 5.41) is 0. The maximum atomic E-state index is 5.57. The van der Waals surface area contributed by atoms with Crippen LogP contribution in [0.1, 0.15) is 0 Å². The van der Waals surface area contributed by atoms with Crippen LogP contribution in [-0.4, -0.2) is 19.3 Å². The third-order valence-corrected chi connectivity index (χ3v) is 1.70. The van der Waals surface area contributed by atoms with Crippen LogP contribution >= 0.6 is 0 Å². The Morgan fingerprint density at radius 2 is 2.42 bits per heavy atom. The molecule has 64 valence electrons. The zero-order valence-corrected chi connectivity index (χ0v) is 6.69. The van der Waals surface area contributed by atoms with Crippen LogP contribution in [0.5, 0.6) is 5.75 Å². The average Bonchev–Trinajstić information content (AvgIpc) is 2.84. The van der Waals surface area contributed by atoms with Gasteiger partial charge in [-0.1, -0.05) is 6.07 Å². The summed E-state index contributed by atoms with van der Waals surface area (Å²) in [7, 11) is 0.